The number of aryl methyl sites for hydroxylation is 1. The van der Waals surface area contributed by atoms with E-state index in [0.29, 0.717) is 18.7 Å². The van der Waals surface area contributed by atoms with Gasteiger partial charge in [0, 0.05) is 13.1 Å². The van der Waals surface area contributed by atoms with Crippen LogP contribution in [0.2, 0.25) is 0 Å². The second-order valence-corrected chi connectivity index (χ2v) is 4.87. The average Bonchev–Trinajstić information content (AvgIpc) is 3.05. The van der Waals surface area contributed by atoms with Gasteiger partial charge >= 0.3 is 6.03 Å². The average molecular weight is 298 g/mol. The third kappa shape index (κ3) is 4.59. The molecule has 0 saturated carbocycles. The molecule has 0 saturated heterocycles. The number of nitrogens with one attached hydrogen (secondary N) is 2. The topological polar surface area (TPSA) is 95.6 Å². The van der Waals surface area contributed by atoms with Crippen LogP contribution in [0.1, 0.15) is 30.5 Å². The lowest BCUT2D eigenvalue weighted by atomic mass is 10.1. The van der Waals surface area contributed by atoms with Crippen LogP contribution in [0.4, 0.5) is 4.79 Å². The molecular weight excluding hydrogens is 280 g/mol. The van der Waals surface area contributed by atoms with Crippen molar-refractivity contribution in [2.75, 3.05) is 6.54 Å². The number of urea groups is 1. The number of carbonyl (C=O) groups is 1. The Labute approximate surface area is 129 Å². The Morgan fingerprint density at radius 2 is 2.18 bits per heavy atom. The van der Waals surface area contributed by atoms with Gasteiger partial charge in [0.05, 0.1) is 17.7 Å². The monoisotopic (exact) mass is 298 g/mol. The highest BCUT2D eigenvalue weighted by atomic mass is 16.2. The van der Waals surface area contributed by atoms with Crippen molar-refractivity contribution in [1.29, 1.82) is 5.26 Å². The van der Waals surface area contributed by atoms with Gasteiger partial charge in [-0.25, -0.2) is 9.78 Å². The van der Waals surface area contributed by atoms with Gasteiger partial charge in [0.2, 0.25) is 0 Å². The Bertz CT molecular complexity index is 629. The van der Waals surface area contributed by atoms with Crippen LogP contribution in [-0.4, -0.2) is 27.3 Å². The van der Waals surface area contributed by atoms with Gasteiger partial charge in [-0.05, 0) is 31.0 Å². The summed E-state index contributed by atoms with van der Waals surface area (Å²) in [6.45, 7) is 3.17. The first-order valence-corrected chi connectivity index (χ1v) is 7.06. The molecule has 0 aliphatic heterocycles. The highest BCUT2D eigenvalue weighted by Crippen LogP contribution is 2.12. The maximum absolute atomic E-state index is 11.8. The van der Waals surface area contributed by atoms with E-state index in [1.807, 2.05) is 19.1 Å². The molecule has 1 aromatic carbocycles. The summed E-state index contributed by atoms with van der Waals surface area (Å²) in [7, 11) is 0. The number of aromatic nitrogens is 3. The molecule has 0 fully saturated rings. The van der Waals surface area contributed by atoms with E-state index in [4.69, 9.17) is 5.26 Å². The van der Waals surface area contributed by atoms with Crippen molar-refractivity contribution in [3.05, 3.63) is 48.0 Å². The Balaban J connectivity index is 1.70. The molecule has 1 aromatic heterocycles. The van der Waals surface area contributed by atoms with E-state index < -0.39 is 0 Å². The van der Waals surface area contributed by atoms with Gasteiger partial charge in [0.25, 0.3) is 0 Å². The summed E-state index contributed by atoms with van der Waals surface area (Å²) in [6, 6.07) is 8.90. The summed E-state index contributed by atoms with van der Waals surface area (Å²) in [5.41, 5.74) is 1.56. The summed E-state index contributed by atoms with van der Waals surface area (Å²) in [5, 5.41) is 18.4. The minimum atomic E-state index is -0.213. The molecule has 2 rings (SSSR count). The fraction of sp³-hybridized carbons (Fsp3) is 0.333. The molecule has 0 bridgehead atoms. The largest absolute Gasteiger partial charge is 0.338 e. The smallest absolute Gasteiger partial charge is 0.315 e. The highest BCUT2D eigenvalue weighted by molar-refractivity contribution is 5.74. The first-order valence-electron chi connectivity index (χ1n) is 7.06. The third-order valence-electron chi connectivity index (χ3n) is 3.20. The zero-order valence-electron chi connectivity index (χ0n) is 12.4. The molecular formula is C15H18N6O. The number of carbonyl (C=O) groups excluding carboxylic acids is 1. The fourth-order valence-electron chi connectivity index (χ4n) is 1.97. The fourth-order valence-corrected chi connectivity index (χ4v) is 1.97. The number of amides is 2. The van der Waals surface area contributed by atoms with E-state index in [1.54, 1.807) is 23.1 Å². The molecule has 0 aliphatic rings. The molecule has 0 spiro atoms. The maximum Gasteiger partial charge on any atom is 0.315 e. The lowest BCUT2D eigenvalue weighted by molar-refractivity contribution is 0.237. The summed E-state index contributed by atoms with van der Waals surface area (Å²) >= 11 is 0. The molecule has 0 aliphatic carbocycles. The van der Waals surface area contributed by atoms with Crippen LogP contribution in [0, 0.1) is 11.3 Å². The van der Waals surface area contributed by atoms with Gasteiger partial charge in [-0.3, -0.25) is 4.68 Å². The molecule has 2 aromatic rings. The van der Waals surface area contributed by atoms with Crippen LogP contribution in [0.25, 0.3) is 0 Å². The minimum Gasteiger partial charge on any atom is -0.338 e. The van der Waals surface area contributed by atoms with Crippen molar-refractivity contribution in [3.8, 4) is 6.07 Å². The number of nitrogens with zero attached hydrogens (tertiary/aromatic N) is 4. The van der Waals surface area contributed by atoms with E-state index in [-0.39, 0.29) is 12.1 Å². The van der Waals surface area contributed by atoms with Crippen LogP contribution < -0.4 is 10.6 Å². The Morgan fingerprint density at radius 1 is 1.41 bits per heavy atom. The van der Waals surface area contributed by atoms with Crippen molar-refractivity contribution in [1.82, 2.24) is 25.4 Å². The van der Waals surface area contributed by atoms with E-state index in [2.05, 4.69) is 26.8 Å². The summed E-state index contributed by atoms with van der Waals surface area (Å²) in [6.07, 6.45) is 3.91. The third-order valence-corrected chi connectivity index (χ3v) is 3.20. The quantitative estimate of drug-likeness (QED) is 0.792. The molecule has 1 atom stereocenters. The van der Waals surface area contributed by atoms with Crippen molar-refractivity contribution >= 4 is 6.03 Å². The zero-order valence-corrected chi connectivity index (χ0v) is 12.4. The molecule has 0 unspecified atom stereocenters. The summed E-state index contributed by atoms with van der Waals surface area (Å²) in [4.78, 5) is 15.7. The molecule has 114 valence electrons. The minimum absolute atomic E-state index is 0.122. The first kappa shape index (κ1) is 15.5. The first-order chi connectivity index (χ1) is 10.7. The zero-order chi connectivity index (χ0) is 15.8. The Morgan fingerprint density at radius 3 is 2.82 bits per heavy atom. The van der Waals surface area contributed by atoms with E-state index in [1.165, 1.54) is 6.33 Å². The predicted molar refractivity (Wildman–Crippen MR) is 80.7 cm³/mol. The number of nitriles is 1. The molecule has 0 radical (unpaired) electrons. The molecule has 2 amide bonds. The van der Waals surface area contributed by atoms with Gasteiger partial charge < -0.3 is 10.6 Å². The highest BCUT2D eigenvalue weighted by Gasteiger charge is 2.08. The van der Waals surface area contributed by atoms with Gasteiger partial charge in [-0.2, -0.15) is 10.4 Å². The van der Waals surface area contributed by atoms with Crippen molar-refractivity contribution in [2.24, 2.45) is 0 Å². The standard InChI is InChI=1S/C15H18N6O/c1-12(14-5-3-13(9-16)4-6-14)20-15(22)18-7-2-8-21-11-17-10-19-21/h3-6,10-12H,2,7-8H2,1H3,(H2,18,20,22)/t12-/m1/s1. The number of rotatable bonds is 6. The number of benzene rings is 1. The predicted octanol–water partition coefficient (Wildman–Crippen LogP) is 1.60. The lowest BCUT2D eigenvalue weighted by Gasteiger charge is -2.15. The lowest BCUT2D eigenvalue weighted by Crippen LogP contribution is -2.37. The second kappa shape index (κ2) is 7.78. The molecule has 22 heavy (non-hydrogen) atoms. The Kier molecular flexibility index (Phi) is 5.49. The molecule has 1 heterocycles. The van der Waals surface area contributed by atoms with Crippen molar-refractivity contribution in [2.45, 2.75) is 25.9 Å². The number of hydrogen-bond acceptors (Lipinski definition) is 4. The van der Waals surface area contributed by atoms with E-state index in [0.717, 1.165) is 12.0 Å². The van der Waals surface area contributed by atoms with Crippen LogP contribution in [0.5, 0.6) is 0 Å². The Hall–Kier alpha value is -2.88. The van der Waals surface area contributed by atoms with Crippen LogP contribution in [0.15, 0.2) is 36.9 Å². The van der Waals surface area contributed by atoms with Crippen LogP contribution in [0.3, 0.4) is 0 Å². The van der Waals surface area contributed by atoms with Crippen molar-refractivity contribution in [3.63, 3.8) is 0 Å². The summed E-state index contributed by atoms with van der Waals surface area (Å²) < 4.78 is 1.72. The van der Waals surface area contributed by atoms with Gasteiger partial charge in [-0.15, -0.1) is 0 Å². The van der Waals surface area contributed by atoms with Gasteiger partial charge in [0.1, 0.15) is 12.7 Å². The summed E-state index contributed by atoms with van der Waals surface area (Å²) in [5.74, 6) is 0. The van der Waals surface area contributed by atoms with Gasteiger partial charge in [-0.1, -0.05) is 12.1 Å². The second-order valence-electron chi connectivity index (χ2n) is 4.87. The normalized spacial score (nSPS) is 11.5. The molecule has 7 nitrogen and oxygen atoms in total. The van der Waals surface area contributed by atoms with E-state index in [9.17, 15) is 4.79 Å². The SMILES string of the molecule is C[C@@H](NC(=O)NCCCn1cncn1)c1ccc(C#N)cc1. The van der Waals surface area contributed by atoms with E-state index >= 15 is 0 Å². The molecule has 2 N–H and O–H groups in total. The molecule has 7 heteroatoms. The van der Waals surface area contributed by atoms with Crippen LogP contribution >= 0.6 is 0 Å². The number of hydrogen-bond donors (Lipinski definition) is 2. The van der Waals surface area contributed by atoms with Crippen LogP contribution in [-0.2, 0) is 6.54 Å². The maximum atomic E-state index is 11.8. The van der Waals surface area contributed by atoms with Crippen molar-refractivity contribution < 1.29 is 4.79 Å². The van der Waals surface area contributed by atoms with Gasteiger partial charge in [0.15, 0.2) is 0 Å².